The Labute approximate surface area is 196 Å². The molecule has 0 bridgehead atoms. The minimum atomic E-state index is -0.835. The fourth-order valence-electron chi connectivity index (χ4n) is 4.25. The van der Waals surface area contributed by atoms with Crippen LogP contribution < -0.4 is 14.2 Å². The van der Waals surface area contributed by atoms with Gasteiger partial charge in [-0.1, -0.05) is 12.1 Å². The molecule has 34 heavy (non-hydrogen) atoms. The van der Waals surface area contributed by atoms with Gasteiger partial charge in [-0.25, -0.2) is 0 Å². The zero-order valence-corrected chi connectivity index (χ0v) is 18.5. The van der Waals surface area contributed by atoms with Crippen molar-refractivity contribution < 1.29 is 33.3 Å². The number of amides is 1. The van der Waals surface area contributed by atoms with Gasteiger partial charge in [-0.3, -0.25) is 9.59 Å². The SMILES string of the molecule is CCOc1cccc(C2/C(=C(/O)c3ccc4c(c3)OCCO4)C(=O)C(=O)N2Cc2ccco2)c1. The second kappa shape index (κ2) is 8.97. The first-order valence-corrected chi connectivity index (χ1v) is 11.0. The van der Waals surface area contributed by atoms with Crippen molar-refractivity contribution >= 4 is 17.4 Å². The van der Waals surface area contributed by atoms with Crippen LogP contribution in [0.2, 0.25) is 0 Å². The average molecular weight is 461 g/mol. The molecule has 1 unspecified atom stereocenters. The summed E-state index contributed by atoms with van der Waals surface area (Å²) < 4.78 is 22.2. The van der Waals surface area contributed by atoms with Crippen molar-refractivity contribution in [2.45, 2.75) is 19.5 Å². The summed E-state index contributed by atoms with van der Waals surface area (Å²) in [6.45, 7) is 3.23. The Kier molecular flexibility index (Phi) is 5.71. The van der Waals surface area contributed by atoms with Gasteiger partial charge in [0.05, 0.1) is 31.0 Å². The highest BCUT2D eigenvalue weighted by molar-refractivity contribution is 6.46. The molecule has 0 spiro atoms. The monoisotopic (exact) mass is 461 g/mol. The molecule has 1 atom stereocenters. The molecule has 3 heterocycles. The third-order valence-corrected chi connectivity index (χ3v) is 5.75. The maximum Gasteiger partial charge on any atom is 0.296 e. The van der Waals surface area contributed by atoms with Crippen molar-refractivity contribution in [3.63, 3.8) is 0 Å². The van der Waals surface area contributed by atoms with Crippen LogP contribution in [0.15, 0.2) is 70.9 Å². The zero-order chi connectivity index (χ0) is 23.7. The van der Waals surface area contributed by atoms with Gasteiger partial charge in [0.2, 0.25) is 0 Å². The van der Waals surface area contributed by atoms with Crippen molar-refractivity contribution in [2.24, 2.45) is 0 Å². The minimum absolute atomic E-state index is 0.0121. The van der Waals surface area contributed by atoms with Gasteiger partial charge < -0.3 is 28.6 Å². The molecule has 0 radical (unpaired) electrons. The van der Waals surface area contributed by atoms with Crippen LogP contribution in [0.4, 0.5) is 0 Å². The maximum atomic E-state index is 13.2. The number of ketones is 1. The van der Waals surface area contributed by atoms with Gasteiger partial charge in [-0.2, -0.15) is 0 Å². The molecule has 1 aromatic heterocycles. The molecule has 1 fully saturated rings. The Balaban J connectivity index is 1.63. The van der Waals surface area contributed by atoms with Gasteiger partial charge in [0.25, 0.3) is 11.7 Å². The van der Waals surface area contributed by atoms with E-state index in [9.17, 15) is 14.7 Å². The highest BCUT2D eigenvalue weighted by Crippen LogP contribution is 2.42. The first-order valence-electron chi connectivity index (χ1n) is 11.0. The largest absolute Gasteiger partial charge is 0.507 e. The molecule has 1 amide bonds. The number of furan rings is 1. The number of fused-ring (bicyclic) bond motifs is 1. The normalized spacial score (nSPS) is 18.9. The van der Waals surface area contributed by atoms with Gasteiger partial charge in [-0.15, -0.1) is 0 Å². The molecule has 5 rings (SSSR count). The van der Waals surface area contributed by atoms with Crippen molar-refractivity contribution in [3.05, 3.63) is 83.3 Å². The predicted octanol–water partition coefficient (Wildman–Crippen LogP) is 4.07. The zero-order valence-electron chi connectivity index (χ0n) is 18.5. The van der Waals surface area contributed by atoms with Crippen LogP contribution in [0.1, 0.15) is 29.9 Å². The predicted molar refractivity (Wildman–Crippen MR) is 122 cm³/mol. The summed E-state index contributed by atoms with van der Waals surface area (Å²) in [5.41, 5.74) is 0.976. The Bertz CT molecular complexity index is 1260. The van der Waals surface area contributed by atoms with Gasteiger partial charge >= 0.3 is 0 Å². The number of aliphatic hydroxyl groups is 1. The van der Waals surface area contributed by atoms with Crippen molar-refractivity contribution in [1.29, 1.82) is 0 Å². The van der Waals surface area contributed by atoms with Crippen LogP contribution in [-0.2, 0) is 16.1 Å². The first-order chi connectivity index (χ1) is 16.6. The quantitative estimate of drug-likeness (QED) is 0.336. The summed E-state index contributed by atoms with van der Waals surface area (Å²) in [6.07, 6.45) is 1.51. The minimum Gasteiger partial charge on any atom is -0.507 e. The number of ether oxygens (including phenoxy) is 3. The van der Waals surface area contributed by atoms with Gasteiger partial charge in [0.1, 0.15) is 30.5 Å². The molecule has 1 N–H and O–H groups in total. The molecular weight excluding hydrogens is 438 g/mol. The number of rotatable bonds is 6. The second-order valence-corrected chi connectivity index (χ2v) is 7.87. The lowest BCUT2D eigenvalue weighted by atomic mass is 9.95. The van der Waals surface area contributed by atoms with Crippen molar-refractivity contribution in [2.75, 3.05) is 19.8 Å². The molecular formula is C26H23NO7. The lowest BCUT2D eigenvalue weighted by molar-refractivity contribution is -0.140. The molecule has 2 aliphatic rings. The number of nitrogens with zero attached hydrogens (tertiary/aromatic N) is 1. The molecule has 2 aliphatic heterocycles. The van der Waals surface area contributed by atoms with Crippen molar-refractivity contribution in [3.8, 4) is 17.2 Å². The first kappa shape index (κ1) is 21.6. The molecule has 2 aromatic carbocycles. The Morgan fingerprint density at radius 1 is 1.06 bits per heavy atom. The highest BCUT2D eigenvalue weighted by Gasteiger charge is 2.46. The van der Waals surface area contributed by atoms with Gasteiger partial charge in [-0.05, 0) is 55.0 Å². The molecule has 1 saturated heterocycles. The fraction of sp³-hybridized carbons (Fsp3) is 0.231. The van der Waals surface area contributed by atoms with Gasteiger partial charge in [0.15, 0.2) is 11.5 Å². The van der Waals surface area contributed by atoms with Crippen LogP contribution in [0.3, 0.4) is 0 Å². The fourth-order valence-corrected chi connectivity index (χ4v) is 4.25. The highest BCUT2D eigenvalue weighted by atomic mass is 16.6. The van der Waals surface area contributed by atoms with Crippen LogP contribution in [-0.4, -0.2) is 41.5 Å². The number of aliphatic hydroxyl groups excluding tert-OH is 1. The van der Waals surface area contributed by atoms with E-state index in [4.69, 9.17) is 18.6 Å². The summed E-state index contributed by atoms with van der Waals surface area (Å²) in [5, 5.41) is 11.3. The summed E-state index contributed by atoms with van der Waals surface area (Å²) in [6, 6.07) is 14.7. The molecule has 8 nitrogen and oxygen atoms in total. The van der Waals surface area contributed by atoms with E-state index in [0.29, 0.717) is 54.0 Å². The van der Waals surface area contributed by atoms with E-state index in [0.717, 1.165) is 0 Å². The van der Waals surface area contributed by atoms with Crippen LogP contribution in [0.25, 0.3) is 5.76 Å². The molecule has 0 saturated carbocycles. The van der Waals surface area contributed by atoms with E-state index in [1.807, 2.05) is 6.92 Å². The summed E-state index contributed by atoms with van der Waals surface area (Å²) in [4.78, 5) is 27.7. The Morgan fingerprint density at radius 2 is 1.88 bits per heavy atom. The second-order valence-electron chi connectivity index (χ2n) is 7.87. The van der Waals surface area contributed by atoms with Gasteiger partial charge in [0, 0.05) is 5.56 Å². The van der Waals surface area contributed by atoms with Crippen molar-refractivity contribution in [1.82, 2.24) is 4.90 Å². The van der Waals surface area contributed by atoms with E-state index in [1.54, 1.807) is 54.6 Å². The number of benzene rings is 2. The lowest BCUT2D eigenvalue weighted by Gasteiger charge is -2.25. The number of carbonyl (C=O) groups is 2. The number of hydrogen-bond acceptors (Lipinski definition) is 7. The van der Waals surface area contributed by atoms with E-state index in [1.165, 1.54) is 11.2 Å². The van der Waals surface area contributed by atoms with E-state index in [-0.39, 0.29) is 17.9 Å². The number of hydrogen-bond donors (Lipinski definition) is 1. The standard InChI is InChI=1S/C26H23NO7/c1-2-31-18-6-3-5-16(13-18)23-22(25(29)26(30)27(23)15-19-7-4-10-32-19)24(28)17-8-9-20-21(14-17)34-12-11-33-20/h3-10,13-14,23,28H,2,11-12,15H2,1H3/b24-22-. The molecule has 0 aliphatic carbocycles. The van der Waals surface area contributed by atoms with Crippen LogP contribution >= 0.6 is 0 Å². The average Bonchev–Trinajstić information content (AvgIpc) is 3.46. The molecule has 174 valence electrons. The van der Waals surface area contributed by atoms with Crippen LogP contribution in [0.5, 0.6) is 17.2 Å². The number of carbonyl (C=O) groups excluding carboxylic acids is 2. The topological polar surface area (TPSA) is 98.4 Å². The molecule has 3 aromatic rings. The Hall–Kier alpha value is -4.20. The third kappa shape index (κ3) is 3.87. The lowest BCUT2D eigenvalue weighted by Crippen LogP contribution is -2.29. The number of likely N-dealkylation sites (tertiary alicyclic amines) is 1. The van der Waals surface area contributed by atoms with E-state index >= 15 is 0 Å². The smallest absolute Gasteiger partial charge is 0.296 e. The third-order valence-electron chi connectivity index (χ3n) is 5.75. The summed E-state index contributed by atoms with van der Waals surface area (Å²) >= 11 is 0. The van der Waals surface area contributed by atoms with E-state index in [2.05, 4.69) is 0 Å². The Morgan fingerprint density at radius 3 is 2.65 bits per heavy atom. The summed E-state index contributed by atoms with van der Waals surface area (Å²) in [7, 11) is 0. The molecule has 8 heteroatoms. The van der Waals surface area contributed by atoms with E-state index < -0.39 is 17.7 Å². The summed E-state index contributed by atoms with van der Waals surface area (Å²) in [5.74, 6) is 0.365. The maximum absolute atomic E-state index is 13.2. The number of Topliss-reactive ketones (excluding diaryl/α,β-unsaturated/α-hetero) is 1. The van der Waals surface area contributed by atoms with Crippen LogP contribution in [0, 0.1) is 0 Å².